The highest BCUT2D eigenvalue weighted by molar-refractivity contribution is 7.99. The van der Waals surface area contributed by atoms with Gasteiger partial charge in [-0.25, -0.2) is 4.98 Å². The predicted octanol–water partition coefficient (Wildman–Crippen LogP) is 6.17. The maximum atomic E-state index is 14.3. The van der Waals surface area contributed by atoms with E-state index in [0.717, 1.165) is 71.3 Å². The first-order valence-corrected chi connectivity index (χ1v) is 12.7. The Morgan fingerprint density at radius 2 is 1.94 bits per heavy atom. The van der Waals surface area contributed by atoms with E-state index in [1.165, 1.54) is 18.4 Å². The summed E-state index contributed by atoms with van der Waals surface area (Å²) in [4.78, 5) is 19.5. The molecule has 1 saturated carbocycles. The van der Waals surface area contributed by atoms with E-state index >= 15 is 0 Å². The van der Waals surface area contributed by atoms with Crippen LogP contribution in [0.5, 0.6) is 5.75 Å². The van der Waals surface area contributed by atoms with Gasteiger partial charge in [-0.15, -0.1) is 0 Å². The Balaban J connectivity index is 1.79. The van der Waals surface area contributed by atoms with Crippen molar-refractivity contribution in [2.24, 2.45) is 0 Å². The van der Waals surface area contributed by atoms with Gasteiger partial charge in [-0.1, -0.05) is 68.3 Å². The third-order valence-electron chi connectivity index (χ3n) is 6.99. The molecule has 166 valence electrons. The van der Waals surface area contributed by atoms with Gasteiger partial charge in [-0.2, -0.15) is 0 Å². The molecule has 1 aromatic heterocycles. The monoisotopic (exact) mass is 446 g/mol. The summed E-state index contributed by atoms with van der Waals surface area (Å²) in [6.07, 6.45) is 7.62. The molecule has 0 amide bonds. The summed E-state index contributed by atoms with van der Waals surface area (Å²) in [6.45, 7) is 2.19. The first kappa shape index (κ1) is 21.3. The lowest BCUT2D eigenvalue weighted by Gasteiger charge is -2.36. The fraction of sp³-hybridized carbons (Fsp3) is 0.407. The van der Waals surface area contributed by atoms with Crippen LogP contribution in [0.25, 0.3) is 16.9 Å². The molecule has 2 aromatic carbocycles. The summed E-state index contributed by atoms with van der Waals surface area (Å²) in [5, 5.41) is 0.778. The number of hydrogen-bond donors (Lipinski definition) is 0. The van der Waals surface area contributed by atoms with Crippen molar-refractivity contribution >= 4 is 11.8 Å². The van der Waals surface area contributed by atoms with Crippen LogP contribution in [0.2, 0.25) is 0 Å². The Labute approximate surface area is 194 Å². The first-order chi connectivity index (χ1) is 15.7. The molecule has 1 fully saturated rings. The minimum Gasteiger partial charge on any atom is -0.497 e. The van der Waals surface area contributed by atoms with Gasteiger partial charge in [0.2, 0.25) is 0 Å². The fourth-order valence-electron chi connectivity index (χ4n) is 5.39. The van der Waals surface area contributed by atoms with Gasteiger partial charge in [0.25, 0.3) is 5.56 Å². The zero-order valence-electron chi connectivity index (χ0n) is 18.9. The molecule has 5 heteroatoms. The number of thioether (sulfide) groups is 1. The Morgan fingerprint density at radius 3 is 2.72 bits per heavy atom. The van der Waals surface area contributed by atoms with Gasteiger partial charge in [-0.05, 0) is 43.4 Å². The maximum absolute atomic E-state index is 14.3. The van der Waals surface area contributed by atoms with Crippen LogP contribution in [0.1, 0.15) is 56.6 Å². The molecular formula is C27H30N2O2S. The molecule has 0 saturated heterocycles. The largest absolute Gasteiger partial charge is 0.497 e. The van der Waals surface area contributed by atoms with Crippen molar-refractivity contribution < 1.29 is 4.74 Å². The fourth-order valence-corrected chi connectivity index (χ4v) is 6.48. The SMILES string of the molecule is CCCCSc1nc2c(c(=O)n1-c1cccc(OC)c1)C1(CCCC1)Cc1ccccc1-2. The average Bonchev–Trinajstić information content (AvgIpc) is 3.27. The molecule has 4 nitrogen and oxygen atoms in total. The highest BCUT2D eigenvalue weighted by Crippen LogP contribution is 2.50. The number of aromatic nitrogens is 2. The average molecular weight is 447 g/mol. The molecule has 0 bridgehead atoms. The van der Waals surface area contributed by atoms with Crippen molar-refractivity contribution in [3.8, 4) is 22.7 Å². The summed E-state index contributed by atoms with van der Waals surface area (Å²) in [5.41, 5.74) is 5.13. The number of nitrogens with zero attached hydrogens (tertiary/aromatic N) is 2. The normalized spacial score (nSPS) is 16.1. The number of benzene rings is 2. The first-order valence-electron chi connectivity index (χ1n) is 11.7. The van der Waals surface area contributed by atoms with Crippen LogP contribution in [0.15, 0.2) is 58.5 Å². The van der Waals surface area contributed by atoms with E-state index in [-0.39, 0.29) is 11.0 Å². The molecule has 2 aliphatic carbocycles. The highest BCUT2D eigenvalue weighted by atomic mass is 32.2. The van der Waals surface area contributed by atoms with Gasteiger partial charge < -0.3 is 4.74 Å². The second-order valence-electron chi connectivity index (χ2n) is 8.98. The molecule has 1 heterocycles. The van der Waals surface area contributed by atoms with Crippen LogP contribution in [0, 0.1) is 0 Å². The lowest BCUT2D eigenvalue weighted by atomic mass is 9.68. The van der Waals surface area contributed by atoms with Gasteiger partial charge in [0.15, 0.2) is 5.16 Å². The summed E-state index contributed by atoms with van der Waals surface area (Å²) in [6, 6.07) is 16.3. The van der Waals surface area contributed by atoms with Crippen LogP contribution in [0.4, 0.5) is 0 Å². The summed E-state index contributed by atoms with van der Waals surface area (Å²) in [7, 11) is 1.66. The molecule has 0 N–H and O–H groups in total. The Morgan fingerprint density at radius 1 is 1.12 bits per heavy atom. The zero-order valence-corrected chi connectivity index (χ0v) is 19.7. The predicted molar refractivity (Wildman–Crippen MR) is 131 cm³/mol. The Bertz CT molecular complexity index is 1190. The van der Waals surface area contributed by atoms with E-state index in [1.54, 1.807) is 18.9 Å². The number of hydrogen-bond acceptors (Lipinski definition) is 4. The van der Waals surface area contributed by atoms with Gasteiger partial charge in [-0.3, -0.25) is 9.36 Å². The maximum Gasteiger partial charge on any atom is 0.263 e. The van der Waals surface area contributed by atoms with E-state index in [0.29, 0.717) is 0 Å². The molecule has 0 unspecified atom stereocenters. The van der Waals surface area contributed by atoms with Crippen LogP contribution in [-0.2, 0) is 11.8 Å². The molecule has 32 heavy (non-hydrogen) atoms. The van der Waals surface area contributed by atoms with Crippen LogP contribution < -0.4 is 10.3 Å². The molecule has 0 aliphatic heterocycles. The standard InChI is InChI=1S/C27H30N2O2S/c1-3-4-16-32-26-28-24-22-13-6-5-10-19(22)18-27(14-7-8-15-27)23(24)25(30)29(26)20-11-9-12-21(17-20)31-2/h5-6,9-13,17H,3-4,7-8,14-16,18H2,1-2H3. The molecule has 0 radical (unpaired) electrons. The highest BCUT2D eigenvalue weighted by Gasteiger charge is 2.44. The smallest absolute Gasteiger partial charge is 0.263 e. The number of fused-ring (bicyclic) bond motifs is 4. The second kappa shape index (κ2) is 8.78. The van der Waals surface area contributed by atoms with Crippen LogP contribution >= 0.6 is 11.8 Å². The zero-order chi connectivity index (χ0) is 22.1. The third-order valence-corrected chi connectivity index (χ3v) is 8.01. The topological polar surface area (TPSA) is 44.1 Å². The molecule has 2 aliphatic rings. The lowest BCUT2D eigenvalue weighted by molar-refractivity contribution is 0.413. The summed E-state index contributed by atoms with van der Waals surface area (Å²) in [5.74, 6) is 1.69. The van der Waals surface area contributed by atoms with Gasteiger partial charge in [0.05, 0.1) is 24.1 Å². The van der Waals surface area contributed by atoms with Gasteiger partial charge in [0.1, 0.15) is 5.75 Å². The van der Waals surface area contributed by atoms with Crippen LogP contribution in [-0.4, -0.2) is 22.4 Å². The quantitative estimate of drug-likeness (QED) is 0.258. The van der Waals surface area contributed by atoms with Crippen LogP contribution in [0.3, 0.4) is 0 Å². The Hall–Kier alpha value is -2.53. The van der Waals surface area contributed by atoms with Crippen molar-refractivity contribution in [3.63, 3.8) is 0 Å². The van der Waals surface area contributed by atoms with E-state index in [2.05, 4.69) is 31.2 Å². The molecule has 0 atom stereocenters. The van der Waals surface area contributed by atoms with E-state index < -0.39 is 0 Å². The minimum absolute atomic E-state index is 0.0960. The van der Waals surface area contributed by atoms with Crippen molar-refractivity contribution in [1.82, 2.24) is 9.55 Å². The van der Waals surface area contributed by atoms with Gasteiger partial charge >= 0.3 is 0 Å². The summed E-state index contributed by atoms with van der Waals surface area (Å²) >= 11 is 1.68. The van der Waals surface area contributed by atoms with Crippen molar-refractivity contribution in [2.45, 2.75) is 62.4 Å². The number of unbranched alkanes of at least 4 members (excludes halogenated alkanes) is 1. The molecular weight excluding hydrogens is 416 g/mol. The minimum atomic E-state index is -0.0962. The second-order valence-corrected chi connectivity index (χ2v) is 10.0. The van der Waals surface area contributed by atoms with E-state index in [1.807, 2.05) is 28.8 Å². The third kappa shape index (κ3) is 3.57. The lowest BCUT2D eigenvalue weighted by Crippen LogP contribution is -2.40. The number of methoxy groups -OCH3 is 1. The van der Waals surface area contributed by atoms with Crippen molar-refractivity contribution in [3.05, 3.63) is 70.0 Å². The molecule has 5 rings (SSSR count). The van der Waals surface area contributed by atoms with Crippen molar-refractivity contribution in [2.75, 3.05) is 12.9 Å². The van der Waals surface area contributed by atoms with E-state index in [4.69, 9.17) is 9.72 Å². The van der Waals surface area contributed by atoms with Crippen molar-refractivity contribution in [1.29, 1.82) is 0 Å². The van der Waals surface area contributed by atoms with Gasteiger partial charge in [0, 0.05) is 22.8 Å². The molecule has 1 spiro atoms. The Kier molecular flexibility index (Phi) is 5.85. The molecule has 3 aromatic rings. The summed E-state index contributed by atoms with van der Waals surface area (Å²) < 4.78 is 7.31. The van der Waals surface area contributed by atoms with E-state index in [9.17, 15) is 4.79 Å². The number of rotatable bonds is 6. The number of ether oxygens (including phenoxy) is 1.